The van der Waals surface area contributed by atoms with E-state index in [0.29, 0.717) is 5.56 Å². The Morgan fingerprint density at radius 1 is 1.12 bits per heavy atom. The second kappa shape index (κ2) is 4.98. The van der Waals surface area contributed by atoms with Gasteiger partial charge in [0, 0.05) is 24.2 Å². The zero-order chi connectivity index (χ0) is 11.2. The fourth-order valence-corrected chi connectivity index (χ4v) is 1.24. The van der Waals surface area contributed by atoms with Gasteiger partial charge < -0.3 is 0 Å². The Hall–Kier alpha value is -2.29. The molecule has 0 aliphatic heterocycles. The standard InChI is InChI=1S/C13H10N2O/c16-13(11-4-3-8-14-10-11)7-6-12-5-1-2-9-15-12/h1-10H/b7-6+. The molecular weight excluding hydrogens is 200 g/mol. The first-order valence-corrected chi connectivity index (χ1v) is 4.90. The van der Waals surface area contributed by atoms with Crippen LogP contribution in [0.5, 0.6) is 0 Å². The van der Waals surface area contributed by atoms with Crippen molar-refractivity contribution in [3.05, 3.63) is 66.3 Å². The van der Waals surface area contributed by atoms with Crippen molar-refractivity contribution in [2.45, 2.75) is 0 Å². The van der Waals surface area contributed by atoms with Crippen molar-refractivity contribution in [3.8, 4) is 0 Å². The van der Waals surface area contributed by atoms with Gasteiger partial charge in [-0.15, -0.1) is 0 Å². The molecule has 78 valence electrons. The first-order valence-electron chi connectivity index (χ1n) is 4.90. The van der Waals surface area contributed by atoms with Crippen LogP contribution in [0, 0.1) is 0 Å². The Labute approximate surface area is 93.5 Å². The van der Waals surface area contributed by atoms with Crippen LogP contribution in [0.25, 0.3) is 6.08 Å². The van der Waals surface area contributed by atoms with Crippen LogP contribution in [0.15, 0.2) is 55.0 Å². The van der Waals surface area contributed by atoms with E-state index in [0.717, 1.165) is 5.69 Å². The van der Waals surface area contributed by atoms with Crippen molar-refractivity contribution in [3.63, 3.8) is 0 Å². The number of allylic oxidation sites excluding steroid dienone is 1. The number of pyridine rings is 2. The van der Waals surface area contributed by atoms with Gasteiger partial charge in [-0.3, -0.25) is 14.8 Å². The van der Waals surface area contributed by atoms with E-state index in [2.05, 4.69) is 9.97 Å². The van der Waals surface area contributed by atoms with E-state index in [1.165, 1.54) is 6.08 Å². The van der Waals surface area contributed by atoms with E-state index < -0.39 is 0 Å². The fraction of sp³-hybridized carbons (Fsp3) is 0. The van der Waals surface area contributed by atoms with Crippen molar-refractivity contribution in [2.75, 3.05) is 0 Å². The topological polar surface area (TPSA) is 42.9 Å². The highest BCUT2D eigenvalue weighted by molar-refractivity contribution is 6.06. The quantitative estimate of drug-likeness (QED) is 0.577. The molecule has 0 bridgehead atoms. The fourth-order valence-electron chi connectivity index (χ4n) is 1.24. The summed E-state index contributed by atoms with van der Waals surface area (Å²) in [5.41, 5.74) is 1.34. The average Bonchev–Trinajstić information content (AvgIpc) is 2.38. The Kier molecular flexibility index (Phi) is 3.18. The molecule has 0 amide bonds. The number of aromatic nitrogens is 2. The predicted octanol–water partition coefficient (Wildman–Crippen LogP) is 2.37. The smallest absolute Gasteiger partial charge is 0.187 e. The highest BCUT2D eigenvalue weighted by Crippen LogP contribution is 2.02. The lowest BCUT2D eigenvalue weighted by atomic mass is 10.2. The largest absolute Gasteiger partial charge is 0.289 e. The number of rotatable bonds is 3. The summed E-state index contributed by atoms with van der Waals surface area (Å²) < 4.78 is 0. The van der Waals surface area contributed by atoms with E-state index in [9.17, 15) is 4.79 Å². The SMILES string of the molecule is O=C(/C=C/c1ccccn1)c1cccnc1. The van der Waals surface area contributed by atoms with Crippen molar-refractivity contribution in [2.24, 2.45) is 0 Å². The summed E-state index contributed by atoms with van der Waals surface area (Å²) in [6.45, 7) is 0. The molecule has 3 heteroatoms. The number of hydrogen-bond acceptors (Lipinski definition) is 3. The summed E-state index contributed by atoms with van der Waals surface area (Å²) in [5.74, 6) is -0.0706. The molecule has 0 fully saturated rings. The Balaban J connectivity index is 2.12. The number of carbonyl (C=O) groups excluding carboxylic acids is 1. The average molecular weight is 210 g/mol. The van der Waals surface area contributed by atoms with Crippen LogP contribution in [0.3, 0.4) is 0 Å². The maximum Gasteiger partial charge on any atom is 0.187 e. The van der Waals surface area contributed by atoms with Gasteiger partial charge in [0.25, 0.3) is 0 Å². The summed E-state index contributed by atoms with van der Waals surface area (Å²) in [5, 5.41) is 0. The second-order valence-electron chi connectivity index (χ2n) is 3.19. The molecule has 0 aliphatic rings. The van der Waals surface area contributed by atoms with Crippen LogP contribution in [-0.2, 0) is 0 Å². The molecule has 0 unspecified atom stereocenters. The molecule has 0 atom stereocenters. The lowest BCUT2D eigenvalue weighted by Gasteiger charge is -1.93. The second-order valence-corrected chi connectivity index (χ2v) is 3.19. The van der Waals surface area contributed by atoms with Gasteiger partial charge in [-0.25, -0.2) is 0 Å². The molecule has 2 aromatic rings. The summed E-state index contributed by atoms with van der Waals surface area (Å²) in [6.07, 6.45) is 8.06. The number of nitrogens with zero attached hydrogens (tertiary/aromatic N) is 2. The Bertz CT molecular complexity index is 492. The van der Waals surface area contributed by atoms with E-state index in [4.69, 9.17) is 0 Å². The van der Waals surface area contributed by atoms with Crippen molar-refractivity contribution < 1.29 is 4.79 Å². The predicted molar refractivity (Wildman–Crippen MR) is 61.8 cm³/mol. The third-order valence-electron chi connectivity index (χ3n) is 2.04. The molecule has 0 saturated heterocycles. The number of ketones is 1. The third-order valence-corrected chi connectivity index (χ3v) is 2.04. The third kappa shape index (κ3) is 2.60. The minimum absolute atomic E-state index is 0.0706. The molecule has 2 heterocycles. The molecule has 0 spiro atoms. The highest BCUT2D eigenvalue weighted by atomic mass is 16.1. The first kappa shape index (κ1) is 10.2. The van der Waals surface area contributed by atoms with Crippen LogP contribution in [0.2, 0.25) is 0 Å². The molecule has 0 aromatic carbocycles. The Morgan fingerprint density at radius 3 is 2.75 bits per heavy atom. The van der Waals surface area contributed by atoms with E-state index in [1.54, 1.807) is 36.8 Å². The molecular formula is C13H10N2O. The van der Waals surface area contributed by atoms with Gasteiger partial charge in [-0.1, -0.05) is 6.07 Å². The van der Waals surface area contributed by atoms with Gasteiger partial charge in [0.05, 0.1) is 5.69 Å². The molecule has 0 N–H and O–H groups in total. The normalized spacial score (nSPS) is 10.5. The summed E-state index contributed by atoms with van der Waals surface area (Å²) in [6, 6.07) is 9.02. The number of hydrogen-bond donors (Lipinski definition) is 0. The van der Waals surface area contributed by atoms with Crippen LogP contribution < -0.4 is 0 Å². The molecule has 3 nitrogen and oxygen atoms in total. The highest BCUT2D eigenvalue weighted by Gasteiger charge is 1.99. The zero-order valence-corrected chi connectivity index (χ0v) is 8.58. The molecule has 0 aliphatic carbocycles. The van der Waals surface area contributed by atoms with E-state index >= 15 is 0 Å². The van der Waals surface area contributed by atoms with Gasteiger partial charge in [0.15, 0.2) is 5.78 Å². The van der Waals surface area contributed by atoms with Gasteiger partial charge in [-0.05, 0) is 36.4 Å². The van der Waals surface area contributed by atoms with Gasteiger partial charge >= 0.3 is 0 Å². The Morgan fingerprint density at radius 2 is 2.06 bits per heavy atom. The summed E-state index contributed by atoms with van der Waals surface area (Å²) in [4.78, 5) is 19.6. The lowest BCUT2D eigenvalue weighted by molar-refractivity contribution is 0.104. The van der Waals surface area contributed by atoms with Crippen molar-refractivity contribution >= 4 is 11.9 Å². The van der Waals surface area contributed by atoms with Crippen LogP contribution in [-0.4, -0.2) is 15.8 Å². The number of carbonyl (C=O) groups is 1. The van der Waals surface area contributed by atoms with Gasteiger partial charge in [0.1, 0.15) is 0 Å². The van der Waals surface area contributed by atoms with Crippen molar-refractivity contribution in [1.29, 1.82) is 0 Å². The summed E-state index contributed by atoms with van der Waals surface area (Å²) in [7, 11) is 0. The minimum Gasteiger partial charge on any atom is -0.289 e. The van der Waals surface area contributed by atoms with E-state index in [-0.39, 0.29) is 5.78 Å². The lowest BCUT2D eigenvalue weighted by Crippen LogP contribution is -1.94. The van der Waals surface area contributed by atoms with Crippen molar-refractivity contribution in [1.82, 2.24) is 9.97 Å². The zero-order valence-electron chi connectivity index (χ0n) is 8.58. The maximum atomic E-state index is 11.7. The van der Waals surface area contributed by atoms with E-state index in [1.807, 2.05) is 18.2 Å². The van der Waals surface area contributed by atoms with Gasteiger partial charge in [0.2, 0.25) is 0 Å². The van der Waals surface area contributed by atoms with Crippen LogP contribution >= 0.6 is 0 Å². The monoisotopic (exact) mass is 210 g/mol. The summed E-state index contributed by atoms with van der Waals surface area (Å²) >= 11 is 0. The first-order chi connectivity index (χ1) is 7.86. The van der Waals surface area contributed by atoms with Crippen LogP contribution in [0.4, 0.5) is 0 Å². The van der Waals surface area contributed by atoms with Gasteiger partial charge in [-0.2, -0.15) is 0 Å². The maximum absolute atomic E-state index is 11.7. The molecule has 0 saturated carbocycles. The minimum atomic E-state index is -0.0706. The molecule has 16 heavy (non-hydrogen) atoms. The van der Waals surface area contributed by atoms with Crippen LogP contribution in [0.1, 0.15) is 16.1 Å². The molecule has 0 radical (unpaired) electrons. The molecule has 2 aromatic heterocycles. The molecule has 2 rings (SSSR count).